The fourth-order valence-corrected chi connectivity index (χ4v) is 0.903. The van der Waals surface area contributed by atoms with E-state index in [2.05, 4.69) is 12.7 Å². The van der Waals surface area contributed by atoms with Crippen molar-refractivity contribution in [1.82, 2.24) is 0 Å². The smallest absolute Gasteiger partial charge is 0.137 e. The van der Waals surface area contributed by atoms with Crippen molar-refractivity contribution in [2.45, 2.75) is 6.92 Å². The van der Waals surface area contributed by atoms with E-state index in [0.29, 0.717) is 5.56 Å². The third kappa shape index (κ3) is 2.65. The molecule has 2 heteroatoms. The molecule has 59 valence electrons. The van der Waals surface area contributed by atoms with Crippen molar-refractivity contribution in [3.63, 3.8) is 0 Å². The number of carbonyl (C=O) groups is 1. The van der Waals surface area contributed by atoms with Gasteiger partial charge >= 0.3 is 0 Å². The Kier molecular flexibility index (Phi) is 5.27. The number of hydrogen-bond acceptors (Lipinski definition) is 1. The Morgan fingerprint density at radius 1 is 1.50 bits per heavy atom. The molecular formula is C10H9OY-. The van der Waals surface area contributed by atoms with Crippen LogP contribution in [0.25, 0.3) is 0 Å². The van der Waals surface area contributed by atoms with E-state index in [-0.39, 0.29) is 32.7 Å². The van der Waals surface area contributed by atoms with Gasteiger partial charge in [0.2, 0.25) is 0 Å². The van der Waals surface area contributed by atoms with Crippen molar-refractivity contribution in [2.24, 2.45) is 0 Å². The van der Waals surface area contributed by atoms with Gasteiger partial charge in [0.05, 0.1) is 0 Å². The van der Waals surface area contributed by atoms with Gasteiger partial charge in [0.1, 0.15) is 6.29 Å². The molecule has 0 aliphatic heterocycles. The summed E-state index contributed by atoms with van der Waals surface area (Å²) in [6.45, 7) is 5.49. The SMILES string of the molecule is C=[C-]c1cc(C=O)ccc1C.[Y]. The first-order valence-electron chi connectivity index (χ1n) is 3.37. The molecule has 0 spiro atoms. The molecule has 0 aliphatic rings. The maximum atomic E-state index is 10.3. The van der Waals surface area contributed by atoms with Crippen LogP contribution in [0.5, 0.6) is 0 Å². The summed E-state index contributed by atoms with van der Waals surface area (Å²) in [6.07, 6.45) is 3.58. The van der Waals surface area contributed by atoms with Gasteiger partial charge in [-0.05, 0) is 5.56 Å². The maximum Gasteiger partial charge on any atom is 0.137 e. The predicted molar refractivity (Wildman–Crippen MR) is 44.5 cm³/mol. The van der Waals surface area contributed by atoms with E-state index in [1.54, 1.807) is 12.1 Å². The van der Waals surface area contributed by atoms with Crippen LogP contribution >= 0.6 is 0 Å². The van der Waals surface area contributed by atoms with E-state index in [1.165, 1.54) is 0 Å². The van der Waals surface area contributed by atoms with Crippen molar-refractivity contribution in [3.05, 3.63) is 47.5 Å². The van der Waals surface area contributed by atoms with Gasteiger partial charge in [-0.15, -0.1) is 6.07 Å². The summed E-state index contributed by atoms with van der Waals surface area (Å²) in [5.74, 6) is 0. The Labute approximate surface area is 97.7 Å². The normalized spacial score (nSPS) is 8.42. The summed E-state index contributed by atoms with van der Waals surface area (Å²) in [7, 11) is 0. The van der Waals surface area contributed by atoms with E-state index in [1.807, 2.05) is 13.0 Å². The van der Waals surface area contributed by atoms with Gasteiger partial charge in [0.15, 0.2) is 0 Å². The van der Waals surface area contributed by atoms with E-state index < -0.39 is 0 Å². The average molecular weight is 234 g/mol. The standard InChI is InChI=1S/C10H9O.Y/c1-3-10-6-9(7-11)5-4-8(10)2;/h4-7H,1H2,2H3;/q-1;. The molecule has 12 heavy (non-hydrogen) atoms. The Bertz CT molecular complexity index is 292. The van der Waals surface area contributed by atoms with Crippen LogP contribution in [0.4, 0.5) is 0 Å². The Morgan fingerprint density at radius 2 is 2.17 bits per heavy atom. The van der Waals surface area contributed by atoms with Crippen molar-refractivity contribution in [1.29, 1.82) is 0 Å². The van der Waals surface area contributed by atoms with Gasteiger partial charge in [-0.3, -0.25) is 4.79 Å². The van der Waals surface area contributed by atoms with Crippen molar-refractivity contribution < 1.29 is 37.5 Å². The van der Waals surface area contributed by atoms with Gasteiger partial charge in [0.25, 0.3) is 0 Å². The summed E-state index contributed by atoms with van der Waals surface area (Å²) in [6, 6.07) is 5.44. The third-order valence-electron chi connectivity index (χ3n) is 1.59. The molecule has 0 atom stereocenters. The zero-order chi connectivity index (χ0) is 8.27. The third-order valence-corrected chi connectivity index (χ3v) is 1.59. The molecule has 0 heterocycles. The van der Waals surface area contributed by atoms with Crippen LogP contribution in [-0.2, 0) is 32.7 Å². The zero-order valence-corrected chi connectivity index (χ0v) is 9.84. The minimum Gasteiger partial charge on any atom is -0.299 e. The average Bonchev–Trinajstić information content (AvgIpc) is 2.05. The van der Waals surface area contributed by atoms with E-state index in [0.717, 1.165) is 17.4 Å². The summed E-state index contributed by atoms with van der Waals surface area (Å²) >= 11 is 0. The van der Waals surface area contributed by atoms with Crippen LogP contribution in [0.2, 0.25) is 0 Å². The second-order valence-corrected chi connectivity index (χ2v) is 2.37. The van der Waals surface area contributed by atoms with Gasteiger partial charge in [-0.1, -0.05) is 13.0 Å². The van der Waals surface area contributed by atoms with Crippen molar-refractivity contribution in [3.8, 4) is 0 Å². The van der Waals surface area contributed by atoms with Crippen LogP contribution in [0.15, 0.2) is 24.8 Å². The Morgan fingerprint density at radius 3 is 2.67 bits per heavy atom. The van der Waals surface area contributed by atoms with Gasteiger partial charge < -0.3 is 0 Å². The molecular weight excluding hydrogens is 225 g/mol. The minimum absolute atomic E-state index is 0. The molecule has 0 bridgehead atoms. The first kappa shape index (κ1) is 11.7. The fraction of sp³-hybridized carbons (Fsp3) is 0.100. The molecule has 0 amide bonds. The van der Waals surface area contributed by atoms with Gasteiger partial charge in [-0.2, -0.15) is 29.8 Å². The van der Waals surface area contributed by atoms with Crippen LogP contribution in [-0.4, -0.2) is 6.29 Å². The largest absolute Gasteiger partial charge is 0.299 e. The van der Waals surface area contributed by atoms with Crippen molar-refractivity contribution in [2.75, 3.05) is 0 Å². The number of aryl methyl sites for hydroxylation is 1. The van der Waals surface area contributed by atoms with E-state index >= 15 is 0 Å². The molecule has 1 aromatic carbocycles. The summed E-state index contributed by atoms with van der Waals surface area (Å²) in [5.41, 5.74) is 2.65. The summed E-state index contributed by atoms with van der Waals surface area (Å²) in [5, 5.41) is 0. The van der Waals surface area contributed by atoms with Gasteiger partial charge in [0, 0.05) is 32.7 Å². The summed E-state index contributed by atoms with van der Waals surface area (Å²) < 4.78 is 0. The predicted octanol–water partition coefficient (Wildman–Crippen LogP) is 2.14. The molecule has 1 nitrogen and oxygen atoms in total. The first-order chi connectivity index (χ1) is 5.27. The molecule has 1 radical (unpaired) electrons. The quantitative estimate of drug-likeness (QED) is 0.566. The summed E-state index contributed by atoms with van der Waals surface area (Å²) in [4.78, 5) is 10.3. The molecule has 0 fully saturated rings. The zero-order valence-electron chi connectivity index (χ0n) is 7.00. The van der Waals surface area contributed by atoms with E-state index in [9.17, 15) is 4.79 Å². The Balaban J connectivity index is 0.00000121. The second kappa shape index (κ2) is 5.39. The molecule has 0 unspecified atom stereocenters. The number of hydrogen-bond donors (Lipinski definition) is 0. The molecule has 1 rings (SSSR count). The van der Waals surface area contributed by atoms with Crippen LogP contribution in [0.1, 0.15) is 21.5 Å². The minimum atomic E-state index is 0. The van der Waals surface area contributed by atoms with Gasteiger partial charge in [-0.25, -0.2) is 0 Å². The molecule has 0 aliphatic carbocycles. The molecule has 0 saturated heterocycles. The molecule has 0 saturated carbocycles. The second-order valence-electron chi connectivity index (χ2n) is 2.37. The van der Waals surface area contributed by atoms with Crippen LogP contribution < -0.4 is 0 Å². The van der Waals surface area contributed by atoms with Crippen molar-refractivity contribution >= 4 is 6.29 Å². The topological polar surface area (TPSA) is 17.1 Å². The maximum absolute atomic E-state index is 10.3. The Hall–Kier alpha value is -0.266. The number of rotatable bonds is 2. The number of benzene rings is 1. The number of carbonyl (C=O) groups excluding carboxylic acids is 1. The molecule has 0 N–H and O–H groups in total. The number of aldehydes is 1. The van der Waals surface area contributed by atoms with E-state index in [4.69, 9.17) is 0 Å². The van der Waals surface area contributed by atoms with Crippen LogP contribution in [0.3, 0.4) is 0 Å². The molecule has 1 aromatic rings. The van der Waals surface area contributed by atoms with Crippen LogP contribution in [0, 0.1) is 13.0 Å². The molecule has 0 aromatic heterocycles. The fourth-order valence-electron chi connectivity index (χ4n) is 0.903. The first-order valence-corrected chi connectivity index (χ1v) is 3.37. The monoisotopic (exact) mass is 234 g/mol.